The Bertz CT molecular complexity index is 1180. The van der Waals surface area contributed by atoms with Gasteiger partial charge in [-0.15, -0.1) is 0 Å². The van der Waals surface area contributed by atoms with Crippen molar-refractivity contribution in [2.24, 2.45) is 0 Å². The van der Waals surface area contributed by atoms with Gasteiger partial charge in [-0.2, -0.15) is 4.37 Å². The van der Waals surface area contributed by atoms with Crippen LogP contribution in [0.15, 0.2) is 41.6 Å². The minimum atomic E-state index is -4.39. The normalized spacial score (nSPS) is 11.4. The lowest BCUT2D eigenvalue weighted by atomic mass is 10.1. The Hall–Kier alpha value is -2.90. The molecule has 178 valence electrons. The maximum Gasteiger partial charge on any atom is 0.266 e. The summed E-state index contributed by atoms with van der Waals surface area (Å²) in [5.74, 6) is -2.53. The quantitative estimate of drug-likeness (QED) is 0.280. The van der Waals surface area contributed by atoms with Crippen molar-refractivity contribution in [3.63, 3.8) is 0 Å². The van der Waals surface area contributed by atoms with E-state index in [0.29, 0.717) is 23.9 Å². The summed E-state index contributed by atoms with van der Waals surface area (Å²) in [7, 11) is -4.39. The molecule has 0 saturated heterocycles. The average molecular weight is 501 g/mol. The molecule has 33 heavy (non-hydrogen) atoms. The molecular weight excluding hydrogens is 477 g/mol. The highest BCUT2D eigenvalue weighted by Gasteiger charge is 2.23. The molecule has 0 atom stereocenters. The van der Waals surface area contributed by atoms with Crippen molar-refractivity contribution in [2.75, 3.05) is 35.0 Å². The highest BCUT2D eigenvalue weighted by Crippen LogP contribution is 2.26. The summed E-state index contributed by atoms with van der Waals surface area (Å²) in [4.78, 5) is 2.81. The second-order valence-corrected chi connectivity index (χ2v) is 9.33. The summed E-state index contributed by atoms with van der Waals surface area (Å²) >= 11 is 0.759. The fourth-order valence-corrected chi connectivity index (χ4v) is 4.66. The van der Waals surface area contributed by atoms with E-state index < -0.39 is 32.4 Å². The minimum absolute atomic E-state index is 0.0569. The van der Waals surface area contributed by atoms with Gasteiger partial charge in [0.05, 0.1) is 5.69 Å². The van der Waals surface area contributed by atoms with E-state index in [1.54, 1.807) is 0 Å². The number of anilines is 3. The molecule has 0 unspecified atom stereocenters. The lowest BCUT2D eigenvalue weighted by Crippen LogP contribution is -2.18. The molecule has 0 aliphatic heterocycles. The minimum Gasteiger partial charge on any atom is -0.385 e. The van der Waals surface area contributed by atoms with E-state index in [0.717, 1.165) is 43.4 Å². The SMILES string of the molecule is CCNCCCNc1cc(F)ccc1CNc1cc(F)c(S(=O)(=O)Nc2ncns2)cc1F. The van der Waals surface area contributed by atoms with Crippen LogP contribution in [-0.2, 0) is 16.6 Å². The van der Waals surface area contributed by atoms with Gasteiger partial charge in [-0.25, -0.2) is 26.6 Å². The van der Waals surface area contributed by atoms with Crippen LogP contribution in [0, 0.1) is 17.5 Å². The summed E-state index contributed by atoms with van der Waals surface area (Å²) in [6.07, 6.45) is 1.95. The van der Waals surface area contributed by atoms with Crippen LogP contribution in [0.1, 0.15) is 18.9 Å². The zero-order valence-electron chi connectivity index (χ0n) is 17.7. The van der Waals surface area contributed by atoms with Crippen LogP contribution in [0.25, 0.3) is 0 Å². The lowest BCUT2D eigenvalue weighted by Gasteiger charge is -2.15. The van der Waals surface area contributed by atoms with Gasteiger partial charge < -0.3 is 16.0 Å². The molecule has 0 fully saturated rings. The molecule has 3 rings (SSSR count). The van der Waals surface area contributed by atoms with Gasteiger partial charge in [0.15, 0.2) is 0 Å². The average Bonchev–Trinajstić information content (AvgIpc) is 3.27. The molecule has 4 N–H and O–H groups in total. The number of aromatic nitrogens is 2. The maximum atomic E-state index is 14.6. The molecule has 3 aromatic rings. The van der Waals surface area contributed by atoms with E-state index in [-0.39, 0.29) is 17.4 Å². The summed E-state index contributed by atoms with van der Waals surface area (Å²) in [6.45, 7) is 4.32. The van der Waals surface area contributed by atoms with E-state index in [1.807, 2.05) is 11.6 Å². The van der Waals surface area contributed by atoms with E-state index in [2.05, 4.69) is 25.3 Å². The third kappa shape index (κ3) is 6.79. The van der Waals surface area contributed by atoms with E-state index in [9.17, 15) is 21.6 Å². The number of benzene rings is 2. The van der Waals surface area contributed by atoms with Gasteiger partial charge in [0.1, 0.15) is 28.7 Å². The highest BCUT2D eigenvalue weighted by molar-refractivity contribution is 7.93. The van der Waals surface area contributed by atoms with Crippen molar-refractivity contribution in [1.82, 2.24) is 14.7 Å². The largest absolute Gasteiger partial charge is 0.385 e. The van der Waals surface area contributed by atoms with Gasteiger partial charge in [0.25, 0.3) is 10.0 Å². The first kappa shape index (κ1) is 24.7. The Morgan fingerprint density at radius 1 is 1.00 bits per heavy atom. The number of halogens is 3. The Labute approximate surface area is 193 Å². The van der Waals surface area contributed by atoms with Crippen molar-refractivity contribution >= 4 is 38.1 Å². The molecule has 8 nitrogen and oxygen atoms in total. The van der Waals surface area contributed by atoms with Crippen LogP contribution in [0.3, 0.4) is 0 Å². The molecule has 1 heterocycles. The Balaban J connectivity index is 1.71. The van der Waals surface area contributed by atoms with E-state index in [1.165, 1.54) is 18.2 Å². The highest BCUT2D eigenvalue weighted by atomic mass is 32.2. The molecule has 0 bridgehead atoms. The van der Waals surface area contributed by atoms with E-state index in [4.69, 9.17) is 0 Å². The summed E-state index contributed by atoms with van der Waals surface area (Å²) in [6, 6.07) is 5.49. The first-order valence-electron chi connectivity index (χ1n) is 10.1. The van der Waals surface area contributed by atoms with E-state index >= 15 is 0 Å². The molecule has 0 saturated carbocycles. The number of sulfonamides is 1. The molecule has 0 aliphatic carbocycles. The van der Waals surface area contributed by atoms with Gasteiger partial charge in [-0.05, 0) is 43.3 Å². The Morgan fingerprint density at radius 2 is 1.82 bits per heavy atom. The summed E-state index contributed by atoms with van der Waals surface area (Å²) in [5, 5.41) is 9.00. The van der Waals surface area contributed by atoms with Gasteiger partial charge in [0, 0.05) is 36.4 Å². The third-order valence-corrected chi connectivity index (χ3v) is 6.59. The molecule has 0 amide bonds. The number of nitrogens with zero attached hydrogens (tertiary/aromatic N) is 2. The topological polar surface area (TPSA) is 108 Å². The monoisotopic (exact) mass is 500 g/mol. The summed E-state index contributed by atoms with van der Waals surface area (Å²) < 4.78 is 73.3. The Kier molecular flexibility index (Phi) is 8.47. The smallest absolute Gasteiger partial charge is 0.266 e. The number of rotatable bonds is 12. The van der Waals surface area contributed by atoms with Gasteiger partial charge in [-0.1, -0.05) is 13.0 Å². The fourth-order valence-electron chi connectivity index (χ4n) is 2.93. The third-order valence-electron chi connectivity index (χ3n) is 4.53. The van der Waals surface area contributed by atoms with Crippen LogP contribution in [0.5, 0.6) is 0 Å². The summed E-state index contributed by atoms with van der Waals surface area (Å²) in [5.41, 5.74) is 0.930. The first-order chi connectivity index (χ1) is 15.8. The molecule has 0 spiro atoms. The molecule has 0 aliphatic rings. The van der Waals surface area contributed by atoms with Crippen LogP contribution in [0.2, 0.25) is 0 Å². The van der Waals surface area contributed by atoms with Crippen LogP contribution in [-0.4, -0.2) is 37.4 Å². The molecule has 2 aromatic carbocycles. The zero-order chi connectivity index (χ0) is 23.8. The van der Waals surface area contributed by atoms with Crippen LogP contribution < -0.4 is 20.7 Å². The van der Waals surface area contributed by atoms with Crippen molar-refractivity contribution < 1.29 is 21.6 Å². The molecule has 1 aromatic heterocycles. The van der Waals surface area contributed by atoms with Crippen molar-refractivity contribution in [1.29, 1.82) is 0 Å². The zero-order valence-corrected chi connectivity index (χ0v) is 19.3. The van der Waals surface area contributed by atoms with Crippen molar-refractivity contribution in [3.8, 4) is 0 Å². The van der Waals surface area contributed by atoms with Crippen LogP contribution in [0.4, 0.5) is 29.7 Å². The van der Waals surface area contributed by atoms with Gasteiger partial charge >= 0.3 is 0 Å². The predicted octanol–water partition coefficient (Wildman–Crippen LogP) is 3.78. The van der Waals surface area contributed by atoms with Crippen LogP contribution >= 0.6 is 11.5 Å². The van der Waals surface area contributed by atoms with Gasteiger partial charge in [-0.3, -0.25) is 4.72 Å². The number of hydrogen-bond donors (Lipinski definition) is 4. The Morgan fingerprint density at radius 3 is 2.55 bits per heavy atom. The molecule has 13 heteroatoms. The maximum absolute atomic E-state index is 14.6. The number of hydrogen-bond acceptors (Lipinski definition) is 8. The standard InChI is InChI=1S/C20H23F3N6O2S2/c1-2-24-6-3-7-25-17-8-14(21)5-4-13(17)11-26-18-9-16(23)19(10-15(18)22)33(30,31)29-20-27-12-28-32-20/h4-5,8-10,12,24-26H,2-3,6-7,11H2,1H3,(H,27,28,29). The second-order valence-electron chi connectivity index (χ2n) is 6.90. The lowest BCUT2D eigenvalue weighted by molar-refractivity contribution is 0.557. The molecular formula is C20H23F3N6O2S2. The van der Waals surface area contributed by atoms with Crippen molar-refractivity contribution in [3.05, 3.63) is 59.7 Å². The van der Waals surface area contributed by atoms with Crippen molar-refractivity contribution in [2.45, 2.75) is 24.8 Å². The van der Waals surface area contributed by atoms with Gasteiger partial charge in [0.2, 0.25) is 5.13 Å². The number of nitrogens with one attached hydrogen (secondary N) is 4. The predicted molar refractivity (Wildman–Crippen MR) is 122 cm³/mol. The fraction of sp³-hybridized carbons (Fsp3) is 0.300. The molecule has 0 radical (unpaired) electrons. The first-order valence-corrected chi connectivity index (χ1v) is 12.3. The second kappa shape index (κ2) is 11.3.